The van der Waals surface area contributed by atoms with Crippen LogP contribution < -0.4 is 10.2 Å². The predicted octanol–water partition coefficient (Wildman–Crippen LogP) is 3.36. The molecule has 0 aromatic heterocycles. The number of phenols is 1. The monoisotopic (exact) mass is 276 g/mol. The molecule has 0 unspecified atom stereocenters. The minimum Gasteiger partial charge on any atom is -0.507 e. The molecule has 3 nitrogen and oxygen atoms in total. The van der Waals surface area contributed by atoms with Crippen molar-refractivity contribution in [1.82, 2.24) is 0 Å². The van der Waals surface area contributed by atoms with Crippen molar-refractivity contribution in [3.8, 4) is 5.75 Å². The number of rotatable bonds is 2. The number of hydrogen-bond donors (Lipinski definition) is 2. The van der Waals surface area contributed by atoms with Crippen LogP contribution in [0.2, 0.25) is 0 Å². The molecule has 19 heavy (non-hydrogen) atoms. The molecule has 0 bridgehead atoms. The zero-order chi connectivity index (χ0) is 13.6. The summed E-state index contributed by atoms with van der Waals surface area (Å²) in [6, 6.07) is 7.93. The highest BCUT2D eigenvalue weighted by Crippen LogP contribution is 2.43. The van der Waals surface area contributed by atoms with E-state index in [2.05, 4.69) is 16.3 Å². The molecule has 1 aliphatic rings. The molecule has 0 amide bonds. The Hall–Kier alpha value is -1.61. The van der Waals surface area contributed by atoms with Gasteiger partial charge in [0, 0.05) is 55.3 Å². The molecular formula is C15H17ClN2O. The molecule has 3 rings (SSSR count). The summed E-state index contributed by atoms with van der Waals surface area (Å²) in [5, 5.41) is 15.4. The summed E-state index contributed by atoms with van der Waals surface area (Å²) in [7, 11) is 4.03. The molecular weight excluding hydrogens is 260 g/mol. The van der Waals surface area contributed by atoms with E-state index in [1.54, 1.807) is 6.07 Å². The van der Waals surface area contributed by atoms with Gasteiger partial charge >= 0.3 is 0 Å². The molecule has 0 fully saturated rings. The SMILES string of the molecule is CN(C)c1ccc2c(O)cc3c(c2c1)[C@H](CCl)CN3. The number of nitrogens with one attached hydrogen (secondary N) is 1. The Labute approximate surface area is 117 Å². The number of halogens is 1. The highest BCUT2D eigenvalue weighted by Gasteiger charge is 2.25. The first-order valence-electron chi connectivity index (χ1n) is 6.38. The molecule has 1 aliphatic heterocycles. The Morgan fingerprint density at radius 2 is 2.11 bits per heavy atom. The van der Waals surface area contributed by atoms with Crippen LogP contribution in [0.25, 0.3) is 10.8 Å². The molecule has 0 saturated carbocycles. The lowest BCUT2D eigenvalue weighted by Crippen LogP contribution is -2.08. The molecule has 0 aliphatic carbocycles. The maximum Gasteiger partial charge on any atom is 0.125 e. The molecule has 2 N–H and O–H groups in total. The number of anilines is 2. The molecule has 0 saturated heterocycles. The Morgan fingerprint density at radius 3 is 2.79 bits per heavy atom. The average Bonchev–Trinajstić information content (AvgIpc) is 2.81. The van der Waals surface area contributed by atoms with E-state index in [1.165, 1.54) is 5.56 Å². The van der Waals surface area contributed by atoms with Crippen LogP contribution in [0.4, 0.5) is 11.4 Å². The highest BCUT2D eigenvalue weighted by atomic mass is 35.5. The number of alkyl halides is 1. The van der Waals surface area contributed by atoms with Crippen molar-refractivity contribution in [3.63, 3.8) is 0 Å². The molecule has 0 radical (unpaired) electrons. The van der Waals surface area contributed by atoms with Gasteiger partial charge < -0.3 is 15.3 Å². The lowest BCUT2D eigenvalue weighted by molar-refractivity contribution is 0.482. The van der Waals surface area contributed by atoms with Gasteiger partial charge in [-0.25, -0.2) is 0 Å². The van der Waals surface area contributed by atoms with E-state index in [1.807, 2.05) is 26.2 Å². The fourth-order valence-electron chi connectivity index (χ4n) is 2.75. The van der Waals surface area contributed by atoms with Crippen LogP contribution in [0.15, 0.2) is 24.3 Å². The second-order valence-corrected chi connectivity index (χ2v) is 5.52. The van der Waals surface area contributed by atoms with Gasteiger partial charge in [-0.1, -0.05) is 0 Å². The van der Waals surface area contributed by atoms with E-state index < -0.39 is 0 Å². The summed E-state index contributed by atoms with van der Waals surface area (Å²) in [5.41, 5.74) is 3.36. The molecule has 2 aromatic rings. The van der Waals surface area contributed by atoms with Gasteiger partial charge in [0.1, 0.15) is 5.75 Å². The highest BCUT2D eigenvalue weighted by molar-refractivity contribution is 6.18. The van der Waals surface area contributed by atoms with E-state index in [4.69, 9.17) is 11.6 Å². The Morgan fingerprint density at radius 1 is 1.32 bits per heavy atom. The van der Waals surface area contributed by atoms with Gasteiger partial charge in [0.25, 0.3) is 0 Å². The lowest BCUT2D eigenvalue weighted by atomic mass is 9.95. The van der Waals surface area contributed by atoms with Gasteiger partial charge in [-0.3, -0.25) is 0 Å². The fraction of sp³-hybridized carbons (Fsp3) is 0.333. The first kappa shape index (κ1) is 12.4. The number of phenolic OH excluding ortho intramolecular Hbond substituents is 1. The smallest absolute Gasteiger partial charge is 0.125 e. The quantitative estimate of drug-likeness (QED) is 0.826. The summed E-state index contributed by atoms with van der Waals surface area (Å²) >= 11 is 6.07. The minimum absolute atomic E-state index is 0.303. The largest absolute Gasteiger partial charge is 0.507 e. The van der Waals surface area contributed by atoms with Gasteiger partial charge in [-0.15, -0.1) is 11.6 Å². The second-order valence-electron chi connectivity index (χ2n) is 5.21. The van der Waals surface area contributed by atoms with Crippen molar-refractivity contribution < 1.29 is 5.11 Å². The normalized spacial score (nSPS) is 17.3. The Kier molecular flexibility index (Phi) is 2.94. The molecule has 0 spiro atoms. The average molecular weight is 277 g/mol. The zero-order valence-corrected chi connectivity index (χ0v) is 11.8. The number of hydrogen-bond acceptors (Lipinski definition) is 3. The van der Waals surface area contributed by atoms with Crippen LogP contribution in [-0.4, -0.2) is 31.6 Å². The number of benzene rings is 2. The van der Waals surface area contributed by atoms with E-state index in [0.29, 0.717) is 17.5 Å². The topological polar surface area (TPSA) is 35.5 Å². The van der Waals surface area contributed by atoms with E-state index in [9.17, 15) is 5.11 Å². The Balaban J connectivity index is 2.32. The lowest BCUT2D eigenvalue weighted by Gasteiger charge is -2.16. The third-order valence-corrected chi connectivity index (χ3v) is 4.16. The Bertz CT molecular complexity index is 640. The van der Waals surface area contributed by atoms with Gasteiger partial charge in [0.05, 0.1) is 0 Å². The van der Waals surface area contributed by atoms with Crippen molar-refractivity contribution in [3.05, 3.63) is 29.8 Å². The van der Waals surface area contributed by atoms with Gasteiger partial charge in [0.2, 0.25) is 0 Å². The molecule has 4 heteroatoms. The van der Waals surface area contributed by atoms with Crippen LogP contribution in [0.5, 0.6) is 5.75 Å². The summed E-state index contributed by atoms with van der Waals surface area (Å²) in [4.78, 5) is 2.06. The molecule has 1 heterocycles. The van der Waals surface area contributed by atoms with E-state index in [0.717, 1.165) is 28.7 Å². The van der Waals surface area contributed by atoms with Crippen molar-refractivity contribution in [2.75, 3.05) is 36.7 Å². The number of fused-ring (bicyclic) bond motifs is 3. The number of nitrogens with zero attached hydrogens (tertiary/aromatic N) is 1. The second kappa shape index (κ2) is 4.49. The summed E-state index contributed by atoms with van der Waals surface area (Å²) in [6.45, 7) is 0.837. The van der Waals surface area contributed by atoms with Crippen LogP contribution >= 0.6 is 11.6 Å². The van der Waals surface area contributed by atoms with Crippen LogP contribution in [-0.2, 0) is 0 Å². The fourth-order valence-corrected chi connectivity index (χ4v) is 3.01. The van der Waals surface area contributed by atoms with Gasteiger partial charge in [0.15, 0.2) is 0 Å². The zero-order valence-electron chi connectivity index (χ0n) is 11.1. The summed E-state index contributed by atoms with van der Waals surface area (Å²) < 4.78 is 0. The molecule has 1 atom stereocenters. The maximum absolute atomic E-state index is 10.1. The van der Waals surface area contributed by atoms with Gasteiger partial charge in [-0.05, 0) is 29.1 Å². The predicted molar refractivity (Wildman–Crippen MR) is 81.9 cm³/mol. The van der Waals surface area contributed by atoms with Gasteiger partial charge in [-0.2, -0.15) is 0 Å². The first-order valence-corrected chi connectivity index (χ1v) is 6.92. The maximum atomic E-state index is 10.1. The number of aromatic hydroxyl groups is 1. The molecule has 2 aromatic carbocycles. The standard InChI is InChI=1S/C15H17ClN2O/c1-18(2)10-3-4-11-12(5-10)15-9(7-16)8-17-13(15)6-14(11)19/h3-6,9,17,19H,7-8H2,1-2H3/t9-/m1/s1. The van der Waals surface area contributed by atoms with E-state index in [-0.39, 0.29) is 0 Å². The van der Waals surface area contributed by atoms with E-state index >= 15 is 0 Å². The van der Waals surface area contributed by atoms with Crippen molar-refractivity contribution in [2.45, 2.75) is 5.92 Å². The minimum atomic E-state index is 0.303. The summed E-state index contributed by atoms with van der Waals surface area (Å²) in [5.74, 6) is 1.21. The summed E-state index contributed by atoms with van der Waals surface area (Å²) in [6.07, 6.45) is 0. The van der Waals surface area contributed by atoms with Crippen molar-refractivity contribution in [2.24, 2.45) is 0 Å². The van der Waals surface area contributed by atoms with Crippen LogP contribution in [0.1, 0.15) is 11.5 Å². The van der Waals surface area contributed by atoms with Crippen molar-refractivity contribution >= 4 is 33.7 Å². The first-order chi connectivity index (χ1) is 9.11. The van der Waals surface area contributed by atoms with Crippen molar-refractivity contribution in [1.29, 1.82) is 0 Å². The van der Waals surface area contributed by atoms with Crippen LogP contribution in [0, 0.1) is 0 Å². The molecule has 100 valence electrons. The third kappa shape index (κ3) is 1.89. The van der Waals surface area contributed by atoms with Crippen LogP contribution in [0.3, 0.4) is 0 Å². The third-order valence-electron chi connectivity index (χ3n) is 3.79.